The lowest BCUT2D eigenvalue weighted by molar-refractivity contribution is 0.585. The zero-order valence-electron chi connectivity index (χ0n) is 9.66. The Balaban J connectivity index is 2.02. The second-order valence-corrected chi connectivity index (χ2v) is 5.03. The summed E-state index contributed by atoms with van der Waals surface area (Å²) in [6, 6.07) is 3.51. The number of aromatic nitrogens is 2. The molecule has 0 unspecified atom stereocenters. The average Bonchev–Trinajstić information content (AvgIpc) is 2.41. The molecule has 18 heavy (non-hydrogen) atoms. The highest BCUT2D eigenvalue weighted by atomic mass is 35.5. The quantitative estimate of drug-likeness (QED) is 0.872. The van der Waals surface area contributed by atoms with Crippen molar-refractivity contribution in [3.8, 4) is 0 Å². The van der Waals surface area contributed by atoms with Gasteiger partial charge in [0.05, 0.1) is 27.3 Å². The number of rotatable bonds is 1. The number of halogens is 2. The number of hydrogen-bond acceptors (Lipinski definition) is 4. The first-order valence-electron chi connectivity index (χ1n) is 5.81. The Hall–Kier alpha value is -1.10. The average molecular weight is 283 g/mol. The van der Waals surface area contributed by atoms with Gasteiger partial charge in [0.1, 0.15) is 5.82 Å². The number of piperazine rings is 1. The Morgan fingerprint density at radius 1 is 1.06 bits per heavy atom. The van der Waals surface area contributed by atoms with Gasteiger partial charge >= 0.3 is 0 Å². The molecule has 6 heteroatoms. The molecular formula is C12H12Cl2N4. The van der Waals surface area contributed by atoms with Crippen LogP contribution < -0.4 is 10.2 Å². The van der Waals surface area contributed by atoms with Gasteiger partial charge in [-0.3, -0.25) is 4.98 Å². The van der Waals surface area contributed by atoms with Crippen LogP contribution in [0.3, 0.4) is 0 Å². The minimum atomic E-state index is 0.508. The molecule has 0 bridgehead atoms. The second kappa shape index (κ2) is 4.88. The molecule has 0 spiro atoms. The van der Waals surface area contributed by atoms with Crippen LogP contribution in [0, 0.1) is 0 Å². The van der Waals surface area contributed by atoms with Gasteiger partial charge in [0.15, 0.2) is 0 Å². The third-order valence-corrected chi connectivity index (χ3v) is 3.73. The number of nitrogens with one attached hydrogen (secondary N) is 1. The highest BCUT2D eigenvalue weighted by molar-refractivity contribution is 6.42. The Kier molecular flexibility index (Phi) is 3.24. The maximum atomic E-state index is 6.00. The van der Waals surface area contributed by atoms with Crippen molar-refractivity contribution in [1.82, 2.24) is 15.3 Å². The third kappa shape index (κ3) is 2.23. The van der Waals surface area contributed by atoms with Gasteiger partial charge in [-0.1, -0.05) is 23.2 Å². The molecule has 3 rings (SSSR count). The fraction of sp³-hybridized carbons (Fsp3) is 0.333. The predicted octanol–water partition coefficient (Wildman–Crippen LogP) is 2.35. The summed E-state index contributed by atoms with van der Waals surface area (Å²) in [5.41, 5.74) is 1.55. The topological polar surface area (TPSA) is 41.1 Å². The minimum absolute atomic E-state index is 0.508. The number of anilines is 1. The van der Waals surface area contributed by atoms with Crippen molar-refractivity contribution in [1.29, 1.82) is 0 Å². The van der Waals surface area contributed by atoms with E-state index in [0.717, 1.165) is 43.0 Å². The van der Waals surface area contributed by atoms with E-state index < -0.39 is 0 Å². The summed E-state index contributed by atoms with van der Waals surface area (Å²) in [6.07, 6.45) is 1.79. The summed E-state index contributed by atoms with van der Waals surface area (Å²) in [7, 11) is 0. The SMILES string of the molecule is Clc1cc2ncc(N3CCNCC3)nc2cc1Cl. The number of fused-ring (bicyclic) bond motifs is 1. The molecule has 1 aliphatic rings. The van der Waals surface area contributed by atoms with Crippen molar-refractivity contribution in [2.75, 3.05) is 31.1 Å². The maximum absolute atomic E-state index is 6.00. The standard InChI is InChI=1S/C12H12Cl2N4/c13-8-5-10-11(6-9(8)14)17-12(7-16-10)18-3-1-15-2-4-18/h5-7,15H,1-4H2. The second-order valence-electron chi connectivity index (χ2n) is 4.22. The Bertz CT molecular complexity index is 582. The molecule has 1 N–H and O–H groups in total. The van der Waals surface area contributed by atoms with Gasteiger partial charge in [-0.2, -0.15) is 0 Å². The normalized spacial score (nSPS) is 16.2. The summed E-state index contributed by atoms with van der Waals surface area (Å²) in [4.78, 5) is 11.2. The van der Waals surface area contributed by atoms with Crippen LogP contribution in [0.5, 0.6) is 0 Å². The first-order valence-corrected chi connectivity index (χ1v) is 6.57. The molecule has 2 aromatic rings. The van der Waals surface area contributed by atoms with E-state index in [0.29, 0.717) is 10.0 Å². The van der Waals surface area contributed by atoms with Crippen molar-refractivity contribution >= 4 is 40.1 Å². The van der Waals surface area contributed by atoms with Crippen LogP contribution in [-0.4, -0.2) is 36.1 Å². The van der Waals surface area contributed by atoms with Crippen molar-refractivity contribution < 1.29 is 0 Å². The van der Waals surface area contributed by atoms with Crippen molar-refractivity contribution in [2.24, 2.45) is 0 Å². The van der Waals surface area contributed by atoms with Gasteiger partial charge < -0.3 is 10.2 Å². The van der Waals surface area contributed by atoms with Crippen LogP contribution in [0.1, 0.15) is 0 Å². The Morgan fingerprint density at radius 3 is 2.44 bits per heavy atom. The Morgan fingerprint density at radius 2 is 1.72 bits per heavy atom. The molecule has 0 radical (unpaired) electrons. The zero-order valence-corrected chi connectivity index (χ0v) is 11.2. The molecule has 2 heterocycles. The maximum Gasteiger partial charge on any atom is 0.147 e. The molecule has 1 aromatic carbocycles. The van der Waals surface area contributed by atoms with E-state index in [4.69, 9.17) is 23.2 Å². The van der Waals surface area contributed by atoms with Gasteiger partial charge in [0, 0.05) is 26.2 Å². The molecule has 1 aromatic heterocycles. The van der Waals surface area contributed by atoms with Crippen LogP contribution in [0.2, 0.25) is 10.0 Å². The lowest BCUT2D eigenvalue weighted by Crippen LogP contribution is -2.43. The minimum Gasteiger partial charge on any atom is -0.353 e. The van der Waals surface area contributed by atoms with Crippen LogP contribution in [0.4, 0.5) is 5.82 Å². The largest absolute Gasteiger partial charge is 0.353 e. The molecule has 0 amide bonds. The van der Waals surface area contributed by atoms with E-state index >= 15 is 0 Å². The fourth-order valence-corrected chi connectivity index (χ4v) is 2.36. The molecule has 4 nitrogen and oxygen atoms in total. The lowest BCUT2D eigenvalue weighted by atomic mass is 10.3. The highest BCUT2D eigenvalue weighted by Crippen LogP contribution is 2.27. The molecule has 0 saturated carbocycles. The molecule has 1 fully saturated rings. The first-order chi connectivity index (χ1) is 8.74. The molecule has 0 aliphatic carbocycles. The van der Waals surface area contributed by atoms with E-state index in [-0.39, 0.29) is 0 Å². The van der Waals surface area contributed by atoms with E-state index in [1.165, 1.54) is 0 Å². The van der Waals surface area contributed by atoms with Gasteiger partial charge in [-0.05, 0) is 12.1 Å². The van der Waals surface area contributed by atoms with Gasteiger partial charge in [-0.15, -0.1) is 0 Å². The van der Waals surface area contributed by atoms with Crippen LogP contribution in [0.15, 0.2) is 18.3 Å². The number of nitrogens with zero attached hydrogens (tertiary/aromatic N) is 3. The lowest BCUT2D eigenvalue weighted by Gasteiger charge is -2.28. The van der Waals surface area contributed by atoms with E-state index in [1.54, 1.807) is 18.3 Å². The molecule has 1 aliphatic heterocycles. The predicted molar refractivity (Wildman–Crippen MR) is 74.6 cm³/mol. The highest BCUT2D eigenvalue weighted by Gasteiger charge is 2.13. The van der Waals surface area contributed by atoms with Gasteiger partial charge in [0.25, 0.3) is 0 Å². The zero-order chi connectivity index (χ0) is 12.5. The monoisotopic (exact) mass is 282 g/mol. The van der Waals surface area contributed by atoms with Crippen LogP contribution in [-0.2, 0) is 0 Å². The van der Waals surface area contributed by atoms with Crippen molar-refractivity contribution in [3.63, 3.8) is 0 Å². The van der Waals surface area contributed by atoms with Crippen molar-refractivity contribution in [3.05, 3.63) is 28.4 Å². The summed E-state index contributed by atoms with van der Waals surface area (Å²) in [6.45, 7) is 3.84. The third-order valence-electron chi connectivity index (χ3n) is 3.01. The molecule has 1 saturated heterocycles. The Labute approximate surface area is 115 Å². The molecular weight excluding hydrogens is 271 g/mol. The molecule has 94 valence electrons. The summed E-state index contributed by atoms with van der Waals surface area (Å²) < 4.78 is 0. The first kappa shape index (κ1) is 12.0. The summed E-state index contributed by atoms with van der Waals surface area (Å²) in [5.74, 6) is 0.891. The number of benzene rings is 1. The van der Waals surface area contributed by atoms with Crippen LogP contribution in [0.25, 0.3) is 11.0 Å². The smallest absolute Gasteiger partial charge is 0.147 e. The van der Waals surface area contributed by atoms with E-state index in [1.807, 2.05) is 0 Å². The molecule has 0 atom stereocenters. The summed E-state index contributed by atoms with van der Waals surface area (Å²) in [5, 5.41) is 4.33. The van der Waals surface area contributed by atoms with E-state index in [9.17, 15) is 0 Å². The van der Waals surface area contributed by atoms with Crippen LogP contribution >= 0.6 is 23.2 Å². The van der Waals surface area contributed by atoms with Crippen molar-refractivity contribution in [2.45, 2.75) is 0 Å². The fourth-order valence-electron chi connectivity index (χ4n) is 2.04. The number of hydrogen-bond donors (Lipinski definition) is 1. The van der Waals surface area contributed by atoms with E-state index in [2.05, 4.69) is 20.2 Å². The van der Waals surface area contributed by atoms with Gasteiger partial charge in [0.2, 0.25) is 0 Å². The summed E-state index contributed by atoms with van der Waals surface area (Å²) >= 11 is 12.0. The van der Waals surface area contributed by atoms with Gasteiger partial charge in [-0.25, -0.2) is 4.98 Å².